The van der Waals surface area contributed by atoms with Crippen LogP contribution in [-0.4, -0.2) is 42.5 Å². The van der Waals surface area contributed by atoms with E-state index in [0.29, 0.717) is 19.4 Å². The van der Waals surface area contributed by atoms with Crippen LogP contribution in [0.2, 0.25) is 0 Å². The molecule has 1 amide bonds. The number of likely N-dealkylation sites (tertiary alicyclic amines) is 1. The molecule has 1 N–H and O–H groups in total. The number of piperidine rings is 1. The van der Waals surface area contributed by atoms with Crippen LogP contribution in [-0.2, 0) is 14.3 Å². The number of aryl methyl sites for hydroxylation is 2. The van der Waals surface area contributed by atoms with E-state index in [-0.39, 0.29) is 23.8 Å². The highest BCUT2D eigenvalue weighted by Crippen LogP contribution is 2.30. The van der Waals surface area contributed by atoms with Gasteiger partial charge in [-0.25, -0.2) is 0 Å². The summed E-state index contributed by atoms with van der Waals surface area (Å²) in [6, 6.07) is -0.174. The van der Waals surface area contributed by atoms with E-state index >= 15 is 0 Å². The molecule has 1 saturated heterocycles. The van der Waals surface area contributed by atoms with Crippen molar-refractivity contribution in [1.82, 2.24) is 4.90 Å². The Bertz CT molecular complexity index is 580. The average Bonchev–Trinajstić information content (AvgIpc) is 2.88. The summed E-state index contributed by atoms with van der Waals surface area (Å²) in [4.78, 5) is 28.1. The van der Waals surface area contributed by atoms with Gasteiger partial charge in [0.25, 0.3) is 0 Å². The van der Waals surface area contributed by atoms with E-state index in [0.717, 1.165) is 42.1 Å². The first-order chi connectivity index (χ1) is 12.0. The van der Waals surface area contributed by atoms with Crippen LogP contribution in [0.25, 0.3) is 0 Å². The summed E-state index contributed by atoms with van der Waals surface area (Å²) in [5.74, 6) is 0.110. The quantitative estimate of drug-likeness (QED) is 0.747. The molecule has 1 aliphatic heterocycles. The molecule has 2 heterocycles. The predicted molar refractivity (Wildman–Crippen MR) is 102 cm³/mol. The van der Waals surface area contributed by atoms with Gasteiger partial charge in [-0.2, -0.15) is 0 Å². The zero-order valence-corrected chi connectivity index (χ0v) is 16.6. The maximum absolute atomic E-state index is 12.9. The molecule has 25 heavy (non-hydrogen) atoms. The highest BCUT2D eigenvalue weighted by atomic mass is 32.1. The Hall–Kier alpha value is -1.40. The summed E-state index contributed by atoms with van der Waals surface area (Å²) in [6.07, 6.45) is 3.09. The van der Waals surface area contributed by atoms with Crippen molar-refractivity contribution in [3.05, 3.63) is 15.8 Å². The minimum Gasteiger partial charge on any atom is -0.466 e. The molecule has 0 spiro atoms. The van der Waals surface area contributed by atoms with Crippen molar-refractivity contribution in [3.8, 4) is 0 Å². The number of amides is 1. The Labute approximate surface area is 154 Å². The van der Waals surface area contributed by atoms with Crippen molar-refractivity contribution in [2.45, 2.75) is 59.4 Å². The normalized spacial score (nSPS) is 21.1. The van der Waals surface area contributed by atoms with E-state index in [1.165, 1.54) is 0 Å². The van der Waals surface area contributed by atoms with Crippen molar-refractivity contribution in [2.75, 3.05) is 25.0 Å². The standard InChI is InChI=1S/C19H30N2O3S/c1-5-8-21-9-7-15(11-17(22)24-6-2)10-16(21)19(23)20-18-13(3)12-25-14(18)4/h12,15-16H,5-11H2,1-4H3,(H,20,23)/t15?,16-/m0/s1. The Morgan fingerprint density at radius 1 is 1.36 bits per heavy atom. The molecule has 0 radical (unpaired) electrons. The zero-order valence-electron chi connectivity index (χ0n) is 15.8. The van der Waals surface area contributed by atoms with Gasteiger partial charge in [-0.05, 0) is 70.0 Å². The van der Waals surface area contributed by atoms with Gasteiger partial charge in [-0.1, -0.05) is 6.92 Å². The number of hydrogen-bond donors (Lipinski definition) is 1. The fourth-order valence-corrected chi connectivity index (χ4v) is 4.32. The first kappa shape index (κ1) is 19.9. The Balaban J connectivity index is 2.06. The summed E-state index contributed by atoms with van der Waals surface area (Å²) in [5, 5.41) is 5.20. The van der Waals surface area contributed by atoms with Gasteiger partial charge in [0.2, 0.25) is 5.91 Å². The number of hydrogen-bond acceptors (Lipinski definition) is 5. The maximum Gasteiger partial charge on any atom is 0.306 e. The molecular weight excluding hydrogens is 336 g/mol. The summed E-state index contributed by atoms with van der Waals surface area (Å²) in [7, 11) is 0. The first-order valence-electron chi connectivity index (χ1n) is 9.21. The largest absolute Gasteiger partial charge is 0.466 e. The number of anilines is 1. The number of thiophene rings is 1. The van der Waals surface area contributed by atoms with Crippen LogP contribution < -0.4 is 5.32 Å². The molecule has 5 nitrogen and oxygen atoms in total. The number of nitrogens with one attached hydrogen (secondary N) is 1. The summed E-state index contributed by atoms with van der Waals surface area (Å²) < 4.78 is 5.08. The molecule has 0 aliphatic carbocycles. The van der Waals surface area contributed by atoms with Gasteiger partial charge >= 0.3 is 5.97 Å². The van der Waals surface area contributed by atoms with E-state index in [9.17, 15) is 9.59 Å². The molecule has 2 atom stereocenters. The minimum atomic E-state index is -0.174. The predicted octanol–water partition coefficient (Wildman–Crippen LogP) is 3.75. The lowest BCUT2D eigenvalue weighted by atomic mass is 9.87. The van der Waals surface area contributed by atoms with Crippen LogP contribution in [0.1, 0.15) is 50.0 Å². The fourth-order valence-electron chi connectivity index (χ4n) is 3.52. The Morgan fingerprint density at radius 3 is 2.72 bits per heavy atom. The van der Waals surface area contributed by atoms with Crippen LogP contribution in [0.4, 0.5) is 5.69 Å². The number of nitrogens with zero attached hydrogens (tertiary/aromatic N) is 1. The molecule has 0 aromatic carbocycles. The molecule has 1 fully saturated rings. The number of esters is 1. The molecular formula is C19H30N2O3S. The van der Waals surface area contributed by atoms with E-state index in [1.807, 2.05) is 20.8 Å². The van der Waals surface area contributed by atoms with Crippen molar-refractivity contribution in [1.29, 1.82) is 0 Å². The van der Waals surface area contributed by atoms with Crippen molar-refractivity contribution in [3.63, 3.8) is 0 Å². The lowest BCUT2D eigenvalue weighted by Gasteiger charge is -2.38. The zero-order chi connectivity index (χ0) is 18.4. The SMILES string of the molecule is CCCN1CCC(CC(=O)OCC)C[C@H]1C(=O)Nc1c(C)csc1C. The molecule has 1 aliphatic rings. The fraction of sp³-hybridized carbons (Fsp3) is 0.684. The van der Waals surface area contributed by atoms with Crippen molar-refractivity contribution in [2.24, 2.45) is 5.92 Å². The van der Waals surface area contributed by atoms with Crippen molar-refractivity contribution >= 4 is 28.9 Å². The second kappa shape index (κ2) is 9.34. The highest BCUT2D eigenvalue weighted by molar-refractivity contribution is 7.10. The van der Waals surface area contributed by atoms with Crippen LogP contribution in [0.3, 0.4) is 0 Å². The molecule has 2 rings (SSSR count). The van der Waals surface area contributed by atoms with Crippen LogP contribution >= 0.6 is 11.3 Å². The lowest BCUT2D eigenvalue weighted by Crippen LogP contribution is -2.49. The molecule has 1 aromatic rings. The van der Waals surface area contributed by atoms with Gasteiger partial charge in [0.15, 0.2) is 0 Å². The first-order valence-corrected chi connectivity index (χ1v) is 10.1. The number of carbonyl (C=O) groups excluding carboxylic acids is 2. The monoisotopic (exact) mass is 366 g/mol. The third-order valence-corrected chi connectivity index (χ3v) is 5.83. The second-order valence-corrected chi connectivity index (χ2v) is 7.87. The van der Waals surface area contributed by atoms with Gasteiger partial charge in [0.1, 0.15) is 0 Å². The van der Waals surface area contributed by atoms with E-state index in [4.69, 9.17) is 4.74 Å². The van der Waals surface area contributed by atoms with Gasteiger partial charge in [-0.15, -0.1) is 11.3 Å². The van der Waals surface area contributed by atoms with E-state index in [2.05, 4.69) is 22.5 Å². The molecule has 0 saturated carbocycles. The third-order valence-electron chi connectivity index (χ3n) is 4.80. The van der Waals surface area contributed by atoms with Gasteiger partial charge in [-0.3, -0.25) is 14.5 Å². The minimum absolute atomic E-state index is 0.0478. The maximum atomic E-state index is 12.9. The number of rotatable bonds is 7. The average molecular weight is 367 g/mol. The molecule has 140 valence electrons. The molecule has 6 heteroatoms. The smallest absolute Gasteiger partial charge is 0.306 e. The number of carbonyl (C=O) groups is 2. The summed E-state index contributed by atoms with van der Waals surface area (Å²) in [5.41, 5.74) is 2.05. The van der Waals surface area contributed by atoms with Crippen molar-refractivity contribution < 1.29 is 14.3 Å². The summed E-state index contributed by atoms with van der Waals surface area (Å²) >= 11 is 1.66. The Morgan fingerprint density at radius 2 is 2.12 bits per heavy atom. The lowest BCUT2D eigenvalue weighted by molar-refractivity contribution is -0.145. The number of ether oxygens (including phenoxy) is 1. The molecule has 0 bridgehead atoms. The molecule has 1 aromatic heterocycles. The van der Waals surface area contributed by atoms with E-state index < -0.39 is 0 Å². The second-order valence-electron chi connectivity index (χ2n) is 6.79. The summed E-state index contributed by atoms with van der Waals surface area (Å²) in [6.45, 7) is 10.2. The van der Waals surface area contributed by atoms with Gasteiger partial charge in [0, 0.05) is 11.3 Å². The Kier molecular flexibility index (Phi) is 7.44. The van der Waals surface area contributed by atoms with Crippen LogP contribution in [0, 0.1) is 19.8 Å². The highest BCUT2D eigenvalue weighted by Gasteiger charge is 2.34. The molecule has 1 unspecified atom stereocenters. The van der Waals surface area contributed by atoms with Crippen LogP contribution in [0.5, 0.6) is 0 Å². The van der Waals surface area contributed by atoms with Crippen LogP contribution in [0.15, 0.2) is 5.38 Å². The third kappa shape index (κ3) is 5.28. The topological polar surface area (TPSA) is 58.6 Å². The van der Waals surface area contributed by atoms with Gasteiger partial charge < -0.3 is 10.1 Å². The van der Waals surface area contributed by atoms with Gasteiger partial charge in [0.05, 0.1) is 18.3 Å². The van der Waals surface area contributed by atoms with E-state index in [1.54, 1.807) is 11.3 Å².